The summed E-state index contributed by atoms with van der Waals surface area (Å²) in [5, 5.41) is 11.5. The highest BCUT2D eigenvalue weighted by Crippen LogP contribution is 2.17. The lowest BCUT2D eigenvalue weighted by Gasteiger charge is -2.21. The van der Waals surface area contributed by atoms with E-state index in [0.717, 1.165) is 18.9 Å². The van der Waals surface area contributed by atoms with Crippen molar-refractivity contribution in [2.24, 2.45) is 0 Å². The van der Waals surface area contributed by atoms with Gasteiger partial charge in [-0.1, -0.05) is 12.8 Å². The fourth-order valence-electron chi connectivity index (χ4n) is 2.73. The second kappa shape index (κ2) is 8.50. The Balaban J connectivity index is 1.90. The Kier molecular flexibility index (Phi) is 6.38. The number of aromatic nitrogens is 1. The zero-order valence-corrected chi connectivity index (χ0v) is 13.6. The summed E-state index contributed by atoms with van der Waals surface area (Å²) < 4.78 is 0. The second-order valence-corrected chi connectivity index (χ2v) is 6.11. The summed E-state index contributed by atoms with van der Waals surface area (Å²) in [7, 11) is 0. The van der Waals surface area contributed by atoms with Gasteiger partial charge in [-0.25, -0.2) is 4.98 Å². The van der Waals surface area contributed by atoms with Crippen LogP contribution >= 0.6 is 0 Å². The predicted octanol–water partition coefficient (Wildman–Crippen LogP) is 2.45. The fraction of sp³-hybridized carbons (Fsp3) is 0.588. The molecule has 0 bridgehead atoms. The van der Waals surface area contributed by atoms with E-state index in [1.165, 1.54) is 25.7 Å². The summed E-state index contributed by atoms with van der Waals surface area (Å²) >= 11 is 0. The molecule has 1 saturated heterocycles. The number of rotatable bonds is 6. The Labute approximate surface area is 136 Å². The molecule has 1 aliphatic rings. The van der Waals surface area contributed by atoms with Gasteiger partial charge in [-0.3, -0.25) is 9.59 Å². The number of carboxylic acid groups (broad SMARTS) is 1. The Hall–Kier alpha value is -2.11. The largest absolute Gasteiger partial charge is 0.481 e. The van der Waals surface area contributed by atoms with Gasteiger partial charge in [-0.15, -0.1) is 0 Å². The molecule has 0 saturated carbocycles. The molecule has 6 heteroatoms. The van der Waals surface area contributed by atoms with E-state index < -0.39 is 5.97 Å². The molecule has 2 rings (SSSR count). The third-order valence-corrected chi connectivity index (χ3v) is 4.11. The molecule has 2 heterocycles. The van der Waals surface area contributed by atoms with Crippen molar-refractivity contribution in [3.63, 3.8) is 0 Å². The maximum atomic E-state index is 12.1. The van der Waals surface area contributed by atoms with Gasteiger partial charge in [0, 0.05) is 31.7 Å². The standard InChI is InChI=1S/C17H25N3O3/c1-13(6-9-16(21)22)19-17(23)14-7-8-15(18-12-14)20-10-4-2-3-5-11-20/h7-8,12-13H,2-6,9-11H2,1H3,(H,19,23)(H,21,22). The van der Waals surface area contributed by atoms with Crippen LogP contribution in [0.3, 0.4) is 0 Å². The van der Waals surface area contributed by atoms with Crippen molar-refractivity contribution in [3.05, 3.63) is 23.9 Å². The molecule has 1 aromatic rings. The zero-order valence-electron chi connectivity index (χ0n) is 13.6. The number of nitrogens with zero attached hydrogens (tertiary/aromatic N) is 2. The van der Waals surface area contributed by atoms with Crippen LogP contribution < -0.4 is 10.2 Å². The summed E-state index contributed by atoms with van der Waals surface area (Å²) in [6, 6.07) is 3.50. The number of amides is 1. The molecule has 6 nitrogen and oxygen atoms in total. The van der Waals surface area contributed by atoms with Crippen molar-refractivity contribution in [2.75, 3.05) is 18.0 Å². The molecule has 2 N–H and O–H groups in total. The third-order valence-electron chi connectivity index (χ3n) is 4.11. The van der Waals surface area contributed by atoms with Crippen LogP contribution in [0, 0.1) is 0 Å². The van der Waals surface area contributed by atoms with Crippen LogP contribution in [-0.4, -0.2) is 41.1 Å². The molecule has 0 aromatic carbocycles. The van der Waals surface area contributed by atoms with E-state index in [-0.39, 0.29) is 18.4 Å². The number of carbonyl (C=O) groups excluding carboxylic acids is 1. The van der Waals surface area contributed by atoms with Crippen LogP contribution in [0.5, 0.6) is 0 Å². The van der Waals surface area contributed by atoms with Gasteiger partial charge in [0.15, 0.2) is 0 Å². The average molecular weight is 319 g/mol. The minimum absolute atomic E-state index is 0.0492. The number of carbonyl (C=O) groups is 2. The summed E-state index contributed by atoms with van der Waals surface area (Å²) in [6.07, 6.45) is 6.97. The van der Waals surface area contributed by atoms with Gasteiger partial charge in [0.25, 0.3) is 5.91 Å². The highest BCUT2D eigenvalue weighted by Gasteiger charge is 2.14. The number of anilines is 1. The summed E-state index contributed by atoms with van der Waals surface area (Å²) in [5.41, 5.74) is 0.505. The molecule has 0 spiro atoms. The molecule has 1 amide bonds. The minimum Gasteiger partial charge on any atom is -0.481 e. The Bertz CT molecular complexity index is 522. The molecule has 0 radical (unpaired) electrons. The van der Waals surface area contributed by atoms with Gasteiger partial charge in [0.05, 0.1) is 5.56 Å². The van der Waals surface area contributed by atoms with E-state index in [9.17, 15) is 9.59 Å². The normalized spacial score (nSPS) is 16.5. The van der Waals surface area contributed by atoms with Crippen molar-refractivity contribution in [1.29, 1.82) is 0 Å². The number of nitrogens with one attached hydrogen (secondary N) is 1. The van der Waals surface area contributed by atoms with Crippen molar-refractivity contribution >= 4 is 17.7 Å². The first-order chi connectivity index (χ1) is 11.1. The van der Waals surface area contributed by atoms with Crippen LogP contribution in [0.4, 0.5) is 5.82 Å². The molecule has 1 aromatic heterocycles. The first kappa shape index (κ1) is 17.2. The second-order valence-electron chi connectivity index (χ2n) is 6.11. The number of pyridine rings is 1. The summed E-state index contributed by atoms with van der Waals surface area (Å²) in [4.78, 5) is 29.4. The van der Waals surface area contributed by atoms with Crippen LogP contribution in [0.1, 0.15) is 55.8 Å². The van der Waals surface area contributed by atoms with Gasteiger partial charge >= 0.3 is 5.97 Å². The average Bonchev–Trinajstić information content (AvgIpc) is 2.82. The zero-order chi connectivity index (χ0) is 16.7. The lowest BCUT2D eigenvalue weighted by atomic mass is 10.1. The molecule has 23 heavy (non-hydrogen) atoms. The quantitative estimate of drug-likeness (QED) is 0.841. The minimum atomic E-state index is -0.852. The van der Waals surface area contributed by atoms with Crippen LogP contribution in [0.15, 0.2) is 18.3 Å². The van der Waals surface area contributed by atoms with Gasteiger partial charge in [0.2, 0.25) is 0 Å². The molecule has 1 aliphatic heterocycles. The Morgan fingerprint density at radius 2 is 1.96 bits per heavy atom. The monoisotopic (exact) mass is 319 g/mol. The van der Waals surface area contributed by atoms with E-state index in [2.05, 4.69) is 15.2 Å². The lowest BCUT2D eigenvalue weighted by molar-refractivity contribution is -0.137. The molecule has 0 aliphatic carbocycles. The lowest BCUT2D eigenvalue weighted by Crippen LogP contribution is -2.33. The maximum absolute atomic E-state index is 12.1. The van der Waals surface area contributed by atoms with Crippen LogP contribution in [0.2, 0.25) is 0 Å². The molecule has 126 valence electrons. The van der Waals surface area contributed by atoms with Gasteiger partial charge in [0.1, 0.15) is 5.82 Å². The number of hydrogen-bond donors (Lipinski definition) is 2. The molecule has 1 atom stereocenters. The third kappa shape index (κ3) is 5.54. The molecular formula is C17H25N3O3. The SMILES string of the molecule is CC(CCC(=O)O)NC(=O)c1ccc(N2CCCCCC2)nc1. The highest BCUT2D eigenvalue weighted by molar-refractivity contribution is 5.94. The molecule has 1 unspecified atom stereocenters. The first-order valence-corrected chi connectivity index (χ1v) is 8.30. The smallest absolute Gasteiger partial charge is 0.303 e. The van der Waals surface area contributed by atoms with Crippen LogP contribution in [0.25, 0.3) is 0 Å². The van der Waals surface area contributed by atoms with Gasteiger partial charge < -0.3 is 15.3 Å². The van der Waals surface area contributed by atoms with Crippen molar-refractivity contribution in [2.45, 2.75) is 51.5 Å². The fourth-order valence-corrected chi connectivity index (χ4v) is 2.73. The topological polar surface area (TPSA) is 82.5 Å². The number of hydrogen-bond acceptors (Lipinski definition) is 4. The van der Waals surface area contributed by atoms with E-state index in [4.69, 9.17) is 5.11 Å². The van der Waals surface area contributed by atoms with Gasteiger partial charge in [-0.05, 0) is 38.3 Å². The number of aliphatic carboxylic acids is 1. The highest BCUT2D eigenvalue weighted by atomic mass is 16.4. The van der Waals surface area contributed by atoms with Crippen molar-refractivity contribution in [1.82, 2.24) is 10.3 Å². The van der Waals surface area contributed by atoms with E-state index in [1.807, 2.05) is 6.07 Å². The van der Waals surface area contributed by atoms with E-state index in [1.54, 1.807) is 19.2 Å². The van der Waals surface area contributed by atoms with Gasteiger partial charge in [-0.2, -0.15) is 0 Å². The molecular weight excluding hydrogens is 294 g/mol. The number of carboxylic acids is 1. The van der Waals surface area contributed by atoms with Crippen molar-refractivity contribution in [3.8, 4) is 0 Å². The Morgan fingerprint density at radius 1 is 1.26 bits per heavy atom. The summed E-state index contributed by atoms with van der Waals surface area (Å²) in [6.45, 7) is 3.84. The first-order valence-electron chi connectivity index (χ1n) is 8.30. The van der Waals surface area contributed by atoms with E-state index in [0.29, 0.717) is 12.0 Å². The van der Waals surface area contributed by atoms with E-state index >= 15 is 0 Å². The predicted molar refractivity (Wildman–Crippen MR) is 88.7 cm³/mol. The molecule has 1 fully saturated rings. The summed E-state index contributed by atoms with van der Waals surface area (Å²) in [5.74, 6) is -0.144. The van der Waals surface area contributed by atoms with Crippen molar-refractivity contribution < 1.29 is 14.7 Å². The van der Waals surface area contributed by atoms with Crippen LogP contribution in [-0.2, 0) is 4.79 Å². The Morgan fingerprint density at radius 3 is 2.52 bits per heavy atom. The maximum Gasteiger partial charge on any atom is 0.303 e.